The van der Waals surface area contributed by atoms with Gasteiger partial charge in [0, 0.05) is 30.1 Å². The third kappa shape index (κ3) is 9.08. The van der Waals surface area contributed by atoms with Gasteiger partial charge in [-0.1, -0.05) is 43.7 Å². The van der Waals surface area contributed by atoms with Gasteiger partial charge >= 0.3 is 17.1 Å². The zero-order valence-electron chi connectivity index (χ0n) is 22.7. The van der Waals surface area contributed by atoms with Gasteiger partial charge in [-0.25, -0.2) is 0 Å². The summed E-state index contributed by atoms with van der Waals surface area (Å²) in [4.78, 5) is 24.2. The minimum atomic E-state index is 0. The van der Waals surface area contributed by atoms with E-state index in [1.165, 1.54) is 17.4 Å². The van der Waals surface area contributed by atoms with Crippen LogP contribution in [0.3, 0.4) is 0 Å². The number of rotatable bonds is 12. The molecule has 2 amide bonds. The number of hydrogen-bond donors (Lipinski definition) is 2. The molecule has 0 atom stereocenters. The summed E-state index contributed by atoms with van der Waals surface area (Å²) in [5.41, 5.74) is 6.18. The molecule has 0 saturated heterocycles. The van der Waals surface area contributed by atoms with Crippen LogP contribution in [0.25, 0.3) is 5.57 Å². The van der Waals surface area contributed by atoms with Gasteiger partial charge in [0.15, 0.2) is 0 Å². The van der Waals surface area contributed by atoms with E-state index >= 15 is 0 Å². The van der Waals surface area contributed by atoms with Crippen LogP contribution in [0.5, 0.6) is 0 Å². The Balaban J connectivity index is 0.00000420. The third-order valence-electron chi connectivity index (χ3n) is 6.58. The predicted molar refractivity (Wildman–Crippen MR) is 156 cm³/mol. The summed E-state index contributed by atoms with van der Waals surface area (Å²) >= 11 is 0. The van der Waals surface area contributed by atoms with Crippen LogP contribution in [0.2, 0.25) is 0 Å². The second-order valence-electron chi connectivity index (χ2n) is 9.57. The summed E-state index contributed by atoms with van der Waals surface area (Å²) < 4.78 is 0. The standard InChI is InChI=1S/C34H36N2O2.Fe/c1-3-9-32(37)35-29-20-16-27(17-21-29)34(28-18-22-30(23-19-28)36-33(38)10-4-2)31(26-13-7-8-14-26)24-15-25-11-5-6-12-25;/h5-8,11-14,16-23H,3-4,9-10,15,24H2,1-2H3,(H,35,37)(H,36,38);/q;+2. The van der Waals surface area contributed by atoms with Gasteiger partial charge in [-0.15, -0.1) is 0 Å². The van der Waals surface area contributed by atoms with Gasteiger partial charge in [-0.3, -0.25) is 9.59 Å². The summed E-state index contributed by atoms with van der Waals surface area (Å²) in [5.74, 6) is 2.58. The fourth-order valence-electron chi connectivity index (χ4n) is 4.70. The molecule has 4 rings (SSSR count). The fraction of sp³-hybridized carbons (Fsp3) is 0.235. The maximum Gasteiger partial charge on any atom is 2.00 e. The van der Waals surface area contributed by atoms with Gasteiger partial charge < -0.3 is 10.6 Å². The van der Waals surface area contributed by atoms with E-state index in [1.54, 1.807) is 0 Å². The monoisotopic (exact) mass is 560 g/mol. The molecule has 0 spiro atoms. The zero-order valence-corrected chi connectivity index (χ0v) is 23.8. The number of nitrogens with one attached hydrogen (secondary N) is 2. The summed E-state index contributed by atoms with van der Waals surface area (Å²) in [7, 11) is 0. The molecule has 10 radical (unpaired) electrons. The number of benzene rings is 2. The maximum absolute atomic E-state index is 12.1. The normalized spacial score (nSPS) is 15.5. The number of anilines is 2. The first-order valence-corrected chi connectivity index (χ1v) is 13.5. The topological polar surface area (TPSA) is 58.2 Å². The Hall–Kier alpha value is -2.36. The molecule has 0 aliphatic heterocycles. The third-order valence-corrected chi connectivity index (χ3v) is 6.58. The van der Waals surface area contributed by atoms with E-state index in [9.17, 15) is 9.59 Å². The van der Waals surface area contributed by atoms with Crippen molar-refractivity contribution in [3.05, 3.63) is 128 Å². The van der Waals surface area contributed by atoms with Crippen molar-refractivity contribution in [3.63, 3.8) is 0 Å². The molecule has 0 aromatic heterocycles. The van der Waals surface area contributed by atoms with Crippen molar-refractivity contribution in [2.24, 2.45) is 0 Å². The largest absolute Gasteiger partial charge is 2.00 e. The number of hydrogen-bond acceptors (Lipinski definition) is 2. The van der Waals surface area contributed by atoms with Crippen molar-refractivity contribution in [1.29, 1.82) is 0 Å². The number of carbonyl (C=O) groups excluding carboxylic acids is 2. The van der Waals surface area contributed by atoms with Gasteiger partial charge in [-0.2, -0.15) is 0 Å². The fourth-order valence-corrected chi connectivity index (χ4v) is 4.70. The van der Waals surface area contributed by atoms with Crippen molar-refractivity contribution in [3.8, 4) is 0 Å². The molecule has 0 unspecified atom stereocenters. The van der Waals surface area contributed by atoms with Crippen molar-refractivity contribution in [1.82, 2.24) is 0 Å². The number of carbonyl (C=O) groups is 2. The van der Waals surface area contributed by atoms with E-state index in [0.717, 1.165) is 53.8 Å². The first-order valence-electron chi connectivity index (χ1n) is 13.5. The second-order valence-corrected chi connectivity index (χ2v) is 9.57. The Morgan fingerprint density at radius 2 is 1.05 bits per heavy atom. The molecule has 0 bridgehead atoms. The minimum absolute atomic E-state index is 0. The van der Waals surface area contributed by atoms with E-state index in [0.29, 0.717) is 12.8 Å². The Bertz CT molecular complexity index is 1010. The predicted octanol–water partition coefficient (Wildman–Crippen LogP) is 7.55. The van der Waals surface area contributed by atoms with E-state index in [1.807, 2.05) is 38.1 Å². The van der Waals surface area contributed by atoms with Gasteiger partial charge in [0.2, 0.25) is 11.8 Å². The van der Waals surface area contributed by atoms with Gasteiger partial charge in [-0.05, 0) is 124 Å². The summed E-state index contributed by atoms with van der Waals surface area (Å²) in [5, 5.41) is 5.98. The molecule has 0 heterocycles. The zero-order chi connectivity index (χ0) is 26.7. The smallest absolute Gasteiger partial charge is 0.326 e. The molecule has 4 nitrogen and oxygen atoms in total. The summed E-state index contributed by atoms with van der Waals surface area (Å²) in [6.07, 6.45) is 21.5. The molecule has 200 valence electrons. The summed E-state index contributed by atoms with van der Waals surface area (Å²) in [6, 6.07) is 16.2. The van der Waals surface area contributed by atoms with Crippen LogP contribution < -0.4 is 10.6 Å². The molecule has 2 saturated carbocycles. The average molecular weight is 561 g/mol. The first-order chi connectivity index (χ1) is 18.6. The molecule has 2 aliphatic rings. The summed E-state index contributed by atoms with van der Waals surface area (Å²) in [6.45, 7) is 4.00. The SMILES string of the molecule is CCCC(=O)Nc1ccc(C(=C(CC[C]2[CH][CH][CH][CH]2)[C]2[CH][CH][CH][CH]2)c2ccc(NC(=O)CCC)cc2)cc1.[Fe+2]. The van der Waals surface area contributed by atoms with Crippen molar-refractivity contribution < 1.29 is 26.7 Å². The number of amides is 2. The first kappa shape index (κ1) is 31.2. The Kier molecular flexibility index (Phi) is 12.8. The maximum atomic E-state index is 12.1. The molecule has 39 heavy (non-hydrogen) atoms. The van der Waals surface area contributed by atoms with Crippen molar-refractivity contribution in [2.45, 2.75) is 52.4 Å². The Labute approximate surface area is 246 Å². The van der Waals surface area contributed by atoms with Crippen LogP contribution in [-0.4, -0.2) is 11.8 Å². The molecule has 2 aliphatic carbocycles. The van der Waals surface area contributed by atoms with Crippen LogP contribution in [0.1, 0.15) is 63.5 Å². The molecule has 2 N–H and O–H groups in total. The quantitative estimate of drug-likeness (QED) is 0.263. The van der Waals surface area contributed by atoms with E-state index < -0.39 is 0 Å². The van der Waals surface area contributed by atoms with Crippen LogP contribution in [-0.2, 0) is 26.7 Å². The Morgan fingerprint density at radius 3 is 1.49 bits per heavy atom. The molecule has 2 aromatic rings. The van der Waals surface area contributed by atoms with Gasteiger partial charge in [0.1, 0.15) is 0 Å². The Morgan fingerprint density at radius 1 is 0.615 bits per heavy atom. The molecule has 2 aromatic carbocycles. The van der Waals surface area contributed by atoms with Gasteiger partial charge in [0.25, 0.3) is 0 Å². The van der Waals surface area contributed by atoms with E-state index in [4.69, 9.17) is 0 Å². The van der Waals surface area contributed by atoms with Gasteiger partial charge in [0.05, 0.1) is 0 Å². The van der Waals surface area contributed by atoms with Crippen LogP contribution in [0.15, 0.2) is 54.1 Å². The number of allylic oxidation sites excluding steroid dienone is 1. The average Bonchev–Trinajstić information content (AvgIpc) is 3.63. The van der Waals surface area contributed by atoms with E-state index in [-0.39, 0.29) is 28.9 Å². The second kappa shape index (κ2) is 16.0. The molecule has 5 heteroatoms. The molecular weight excluding hydrogens is 524 g/mol. The van der Waals surface area contributed by atoms with Crippen LogP contribution >= 0.6 is 0 Å². The molecular formula is C34H36FeN2O2+2. The minimum Gasteiger partial charge on any atom is -0.326 e. The van der Waals surface area contributed by atoms with Crippen molar-refractivity contribution in [2.75, 3.05) is 10.6 Å². The van der Waals surface area contributed by atoms with Crippen molar-refractivity contribution >= 4 is 28.8 Å². The van der Waals surface area contributed by atoms with E-state index in [2.05, 4.69) is 86.3 Å². The van der Waals surface area contributed by atoms with Crippen LogP contribution in [0, 0.1) is 63.2 Å². The molecule has 2 fully saturated rings. The van der Waals surface area contributed by atoms with Crippen LogP contribution in [0.4, 0.5) is 11.4 Å².